The van der Waals surface area contributed by atoms with Crippen LogP contribution in [-0.2, 0) is 11.3 Å². The largest absolute Gasteiger partial charge is 0.378 e. The monoisotopic (exact) mass is 336 g/mol. The highest BCUT2D eigenvalue weighted by atomic mass is 79.9. The van der Waals surface area contributed by atoms with Crippen LogP contribution in [0.2, 0.25) is 0 Å². The minimum atomic E-state index is 0.0369. The van der Waals surface area contributed by atoms with Crippen LogP contribution >= 0.6 is 15.9 Å². The highest BCUT2D eigenvalue weighted by Gasteiger charge is 2.14. The molecule has 1 atom stereocenters. The number of benzene rings is 1. The zero-order valence-electron chi connectivity index (χ0n) is 11.2. The van der Waals surface area contributed by atoms with Crippen molar-refractivity contribution in [2.45, 2.75) is 38.3 Å². The fourth-order valence-corrected chi connectivity index (χ4v) is 3.00. The molecular formula is C15H17BrN2O2. The molecule has 0 aliphatic carbocycles. The van der Waals surface area contributed by atoms with Crippen LogP contribution in [0.25, 0.3) is 10.9 Å². The molecule has 1 aliphatic heterocycles. The van der Waals surface area contributed by atoms with Crippen molar-refractivity contribution in [1.82, 2.24) is 9.55 Å². The Hall–Kier alpha value is -1.20. The number of aryl methyl sites for hydroxylation is 1. The second-order valence-corrected chi connectivity index (χ2v) is 6.10. The van der Waals surface area contributed by atoms with Gasteiger partial charge in [-0.15, -0.1) is 0 Å². The van der Waals surface area contributed by atoms with Crippen molar-refractivity contribution in [2.24, 2.45) is 0 Å². The van der Waals surface area contributed by atoms with Gasteiger partial charge in [0.25, 0.3) is 5.56 Å². The lowest BCUT2D eigenvalue weighted by molar-refractivity contribution is 0.101. The zero-order valence-corrected chi connectivity index (χ0v) is 12.8. The summed E-state index contributed by atoms with van der Waals surface area (Å²) in [6.07, 6.45) is 6.32. The molecule has 0 N–H and O–H groups in total. The molecule has 0 amide bonds. The standard InChI is InChI=1S/C15H17BrN2O2/c16-11-5-6-13-14(9-11)17-10-18(15(13)19)7-1-3-12-4-2-8-20-12/h5-6,9-10,12H,1-4,7-8H2. The van der Waals surface area contributed by atoms with E-state index in [4.69, 9.17) is 4.74 Å². The summed E-state index contributed by atoms with van der Waals surface area (Å²) in [6, 6.07) is 5.57. The predicted molar refractivity (Wildman–Crippen MR) is 81.9 cm³/mol. The lowest BCUT2D eigenvalue weighted by atomic mass is 10.1. The summed E-state index contributed by atoms with van der Waals surface area (Å²) in [5.41, 5.74) is 0.773. The lowest BCUT2D eigenvalue weighted by Crippen LogP contribution is -2.21. The van der Waals surface area contributed by atoms with E-state index in [1.165, 1.54) is 0 Å². The van der Waals surface area contributed by atoms with Gasteiger partial charge in [0.05, 0.1) is 23.3 Å². The van der Waals surface area contributed by atoms with Gasteiger partial charge >= 0.3 is 0 Å². The molecule has 1 aliphatic rings. The maximum Gasteiger partial charge on any atom is 0.261 e. The van der Waals surface area contributed by atoms with E-state index >= 15 is 0 Å². The summed E-state index contributed by atoms with van der Waals surface area (Å²) in [5, 5.41) is 0.674. The fraction of sp³-hybridized carbons (Fsp3) is 0.467. The molecule has 1 aromatic heterocycles. The molecule has 20 heavy (non-hydrogen) atoms. The second kappa shape index (κ2) is 6.06. The van der Waals surface area contributed by atoms with Gasteiger partial charge in [-0.05, 0) is 43.9 Å². The minimum absolute atomic E-state index is 0.0369. The third-order valence-corrected chi connectivity index (χ3v) is 4.23. The average molecular weight is 337 g/mol. The molecule has 0 saturated carbocycles. The van der Waals surface area contributed by atoms with Crippen LogP contribution in [0.3, 0.4) is 0 Å². The van der Waals surface area contributed by atoms with Gasteiger partial charge in [-0.3, -0.25) is 9.36 Å². The van der Waals surface area contributed by atoms with Crippen LogP contribution in [0.4, 0.5) is 0 Å². The Balaban J connectivity index is 1.73. The first-order valence-corrected chi connectivity index (χ1v) is 7.79. The van der Waals surface area contributed by atoms with Crippen molar-refractivity contribution in [2.75, 3.05) is 6.61 Å². The summed E-state index contributed by atoms with van der Waals surface area (Å²) >= 11 is 3.39. The number of halogens is 1. The van der Waals surface area contributed by atoms with Gasteiger partial charge in [0.1, 0.15) is 0 Å². The molecule has 0 bridgehead atoms. The van der Waals surface area contributed by atoms with Crippen LogP contribution < -0.4 is 5.56 Å². The first-order chi connectivity index (χ1) is 9.74. The number of nitrogens with zero attached hydrogens (tertiary/aromatic N) is 2. The average Bonchev–Trinajstić information content (AvgIpc) is 2.94. The number of hydrogen-bond donors (Lipinski definition) is 0. The number of ether oxygens (including phenoxy) is 1. The molecule has 1 unspecified atom stereocenters. The topological polar surface area (TPSA) is 44.1 Å². The van der Waals surface area contributed by atoms with Gasteiger partial charge in [-0.1, -0.05) is 15.9 Å². The SMILES string of the molecule is O=c1c2ccc(Br)cc2ncn1CCCC1CCCO1. The van der Waals surface area contributed by atoms with Crippen LogP contribution in [0.15, 0.2) is 33.8 Å². The predicted octanol–water partition coefficient (Wildman–Crippen LogP) is 3.12. The molecule has 1 aromatic carbocycles. The molecule has 5 heteroatoms. The van der Waals surface area contributed by atoms with Crippen LogP contribution in [0.5, 0.6) is 0 Å². The van der Waals surface area contributed by atoms with Crippen LogP contribution in [0.1, 0.15) is 25.7 Å². The minimum Gasteiger partial charge on any atom is -0.378 e. The van der Waals surface area contributed by atoms with E-state index in [9.17, 15) is 4.79 Å². The van der Waals surface area contributed by atoms with Crippen LogP contribution in [0, 0.1) is 0 Å². The molecule has 106 valence electrons. The molecule has 2 heterocycles. The zero-order chi connectivity index (χ0) is 13.9. The van der Waals surface area contributed by atoms with Crippen molar-refractivity contribution < 1.29 is 4.74 Å². The smallest absolute Gasteiger partial charge is 0.261 e. The molecule has 4 nitrogen and oxygen atoms in total. The van der Waals surface area contributed by atoms with Crippen LogP contribution in [-0.4, -0.2) is 22.3 Å². The van der Waals surface area contributed by atoms with Gasteiger partial charge in [0, 0.05) is 17.6 Å². The molecule has 2 aromatic rings. The van der Waals surface area contributed by atoms with Gasteiger partial charge in [0.2, 0.25) is 0 Å². The number of fused-ring (bicyclic) bond motifs is 1. The van der Waals surface area contributed by atoms with Crippen molar-refractivity contribution in [3.63, 3.8) is 0 Å². The van der Waals surface area contributed by atoms with Gasteiger partial charge in [0.15, 0.2) is 0 Å². The van der Waals surface area contributed by atoms with E-state index in [-0.39, 0.29) is 5.56 Å². The van der Waals surface area contributed by atoms with Crippen molar-refractivity contribution in [3.05, 3.63) is 39.4 Å². The maximum atomic E-state index is 12.3. The molecule has 0 spiro atoms. The first-order valence-electron chi connectivity index (χ1n) is 7.00. The quantitative estimate of drug-likeness (QED) is 0.861. The Morgan fingerprint density at radius 3 is 3.15 bits per heavy atom. The summed E-state index contributed by atoms with van der Waals surface area (Å²) in [6.45, 7) is 1.59. The number of rotatable bonds is 4. The summed E-state index contributed by atoms with van der Waals surface area (Å²) in [7, 11) is 0. The molecule has 1 saturated heterocycles. The Morgan fingerprint density at radius 2 is 2.35 bits per heavy atom. The normalized spacial score (nSPS) is 18.8. The first kappa shape index (κ1) is 13.8. The van der Waals surface area contributed by atoms with Gasteiger partial charge in [-0.2, -0.15) is 0 Å². The van der Waals surface area contributed by atoms with E-state index in [2.05, 4.69) is 20.9 Å². The number of aromatic nitrogens is 2. The molecule has 3 rings (SSSR count). The summed E-state index contributed by atoms with van der Waals surface area (Å²) in [4.78, 5) is 16.7. The molecule has 0 radical (unpaired) electrons. The summed E-state index contributed by atoms with van der Waals surface area (Å²) < 4.78 is 8.23. The molecular weight excluding hydrogens is 320 g/mol. The second-order valence-electron chi connectivity index (χ2n) is 5.18. The van der Waals surface area contributed by atoms with E-state index in [1.807, 2.05) is 18.2 Å². The van der Waals surface area contributed by atoms with Crippen molar-refractivity contribution in [3.8, 4) is 0 Å². The Morgan fingerprint density at radius 1 is 1.45 bits per heavy atom. The third kappa shape index (κ3) is 2.94. The van der Waals surface area contributed by atoms with Crippen molar-refractivity contribution in [1.29, 1.82) is 0 Å². The number of hydrogen-bond acceptors (Lipinski definition) is 3. The molecule has 1 fully saturated rings. The van der Waals surface area contributed by atoms with Crippen molar-refractivity contribution >= 4 is 26.8 Å². The summed E-state index contributed by atoms with van der Waals surface area (Å²) in [5.74, 6) is 0. The van der Waals surface area contributed by atoms with Gasteiger partial charge < -0.3 is 4.74 Å². The highest BCUT2D eigenvalue weighted by Crippen LogP contribution is 2.17. The Kier molecular flexibility index (Phi) is 4.17. The van der Waals surface area contributed by atoms with E-state index < -0.39 is 0 Å². The highest BCUT2D eigenvalue weighted by molar-refractivity contribution is 9.10. The Labute approximate surface area is 125 Å². The third-order valence-electron chi connectivity index (χ3n) is 3.74. The fourth-order valence-electron chi connectivity index (χ4n) is 2.65. The lowest BCUT2D eigenvalue weighted by Gasteiger charge is -2.10. The van der Waals surface area contributed by atoms with E-state index in [1.54, 1.807) is 10.9 Å². The van der Waals surface area contributed by atoms with E-state index in [0.717, 1.165) is 42.3 Å². The Bertz CT molecular complexity index is 662. The van der Waals surface area contributed by atoms with Gasteiger partial charge in [-0.25, -0.2) is 4.98 Å². The maximum absolute atomic E-state index is 12.3. The van der Waals surface area contributed by atoms with E-state index in [0.29, 0.717) is 18.0 Å².